The predicted molar refractivity (Wildman–Crippen MR) is 127 cm³/mol. The number of pyridine rings is 1. The van der Waals surface area contributed by atoms with Crippen molar-refractivity contribution in [3.8, 4) is 11.4 Å². The second-order valence-corrected chi connectivity index (χ2v) is 8.63. The summed E-state index contributed by atoms with van der Waals surface area (Å²) in [5.41, 5.74) is 0.394. The number of hydrogen-bond acceptors (Lipinski definition) is 5. The van der Waals surface area contributed by atoms with Gasteiger partial charge in [0.1, 0.15) is 5.69 Å². The zero-order valence-electron chi connectivity index (χ0n) is 19.1. The van der Waals surface area contributed by atoms with Gasteiger partial charge >= 0.3 is 6.18 Å². The van der Waals surface area contributed by atoms with Crippen LogP contribution in [0.3, 0.4) is 0 Å². The topological polar surface area (TPSA) is 99.1 Å². The van der Waals surface area contributed by atoms with Crippen LogP contribution >= 0.6 is 0 Å². The first-order chi connectivity index (χ1) is 17.8. The smallest absolute Gasteiger partial charge is 0.322 e. The van der Waals surface area contributed by atoms with Crippen molar-refractivity contribution in [2.24, 2.45) is 0 Å². The van der Waals surface area contributed by atoms with Gasteiger partial charge in [-0.3, -0.25) is 14.0 Å². The summed E-state index contributed by atoms with van der Waals surface area (Å²) in [4.78, 5) is 29.8. The second kappa shape index (κ2) is 8.43. The van der Waals surface area contributed by atoms with Crippen molar-refractivity contribution < 1.29 is 18.0 Å². The number of benzene rings is 1. The molecule has 1 fully saturated rings. The molecule has 0 bridgehead atoms. The Labute approximate surface area is 206 Å². The summed E-state index contributed by atoms with van der Waals surface area (Å²) in [7, 11) is 0. The van der Waals surface area contributed by atoms with Gasteiger partial charge in [0, 0.05) is 42.5 Å². The number of carbonyl (C=O) groups is 1. The summed E-state index contributed by atoms with van der Waals surface area (Å²) in [6.07, 6.45) is 4.18. The Kier molecular flexibility index (Phi) is 5.18. The van der Waals surface area contributed by atoms with E-state index in [2.05, 4.69) is 20.5 Å². The Balaban J connectivity index is 1.38. The van der Waals surface area contributed by atoms with Gasteiger partial charge in [0.15, 0.2) is 5.65 Å². The first kappa shape index (κ1) is 22.7. The molecule has 5 aromatic rings. The third-order valence-corrected chi connectivity index (χ3v) is 6.15. The molecule has 4 heterocycles. The lowest BCUT2D eigenvalue weighted by molar-refractivity contribution is -0.137. The number of alkyl halides is 3. The maximum Gasteiger partial charge on any atom is 0.418 e. The first-order valence-corrected chi connectivity index (χ1v) is 11.4. The largest absolute Gasteiger partial charge is 0.418 e. The quantitative estimate of drug-likeness (QED) is 0.386. The van der Waals surface area contributed by atoms with E-state index in [9.17, 15) is 22.8 Å². The van der Waals surface area contributed by atoms with Crippen molar-refractivity contribution in [2.75, 3.05) is 5.32 Å². The Bertz CT molecular complexity index is 1700. The molecule has 1 N–H and O–H groups in total. The minimum Gasteiger partial charge on any atom is -0.322 e. The highest BCUT2D eigenvalue weighted by Gasteiger charge is 2.36. The van der Waals surface area contributed by atoms with Crippen molar-refractivity contribution in [3.63, 3.8) is 0 Å². The molecule has 186 valence electrons. The number of carbonyl (C=O) groups excluding carboxylic acids is 1. The van der Waals surface area contributed by atoms with Gasteiger partial charge in [-0.25, -0.2) is 14.3 Å². The monoisotopic (exact) mass is 505 g/mol. The number of halogens is 3. The SMILES string of the molecule is O=C(Nc1ccc(-n2cccn2)c(C(F)(F)F)c1)c1cnn(-c2cccn3c(=O)ccnc23)c1C1CC1. The molecule has 12 heteroatoms. The summed E-state index contributed by atoms with van der Waals surface area (Å²) in [6.45, 7) is 0. The van der Waals surface area contributed by atoms with Crippen molar-refractivity contribution in [1.29, 1.82) is 0 Å². The highest BCUT2D eigenvalue weighted by Crippen LogP contribution is 2.43. The van der Waals surface area contributed by atoms with E-state index in [1.807, 2.05) is 0 Å². The number of amides is 1. The van der Waals surface area contributed by atoms with Gasteiger partial charge in [-0.15, -0.1) is 0 Å². The molecule has 4 aromatic heterocycles. The number of nitrogens with zero attached hydrogens (tertiary/aromatic N) is 6. The molecule has 1 aliphatic carbocycles. The highest BCUT2D eigenvalue weighted by atomic mass is 19.4. The molecular weight excluding hydrogens is 487 g/mol. The molecule has 0 atom stereocenters. The minimum atomic E-state index is -4.66. The van der Waals surface area contributed by atoms with Gasteiger partial charge in [-0.2, -0.15) is 23.4 Å². The maximum absolute atomic E-state index is 13.8. The van der Waals surface area contributed by atoms with E-state index in [-0.39, 0.29) is 28.4 Å². The summed E-state index contributed by atoms with van der Waals surface area (Å²) < 4.78 is 45.5. The molecule has 0 radical (unpaired) electrons. The summed E-state index contributed by atoms with van der Waals surface area (Å²) in [5.74, 6) is -0.537. The highest BCUT2D eigenvalue weighted by molar-refractivity contribution is 6.05. The molecule has 0 saturated heterocycles. The maximum atomic E-state index is 13.8. The van der Waals surface area contributed by atoms with Crippen molar-refractivity contribution >= 4 is 17.2 Å². The molecule has 37 heavy (non-hydrogen) atoms. The number of aromatic nitrogens is 6. The van der Waals surface area contributed by atoms with Crippen molar-refractivity contribution in [3.05, 3.63) is 101 Å². The molecule has 0 spiro atoms. The average Bonchev–Trinajstić information content (AvgIpc) is 3.37. The lowest BCUT2D eigenvalue weighted by Gasteiger charge is -2.15. The van der Waals surface area contributed by atoms with E-state index in [1.165, 1.54) is 53.5 Å². The van der Waals surface area contributed by atoms with Crippen molar-refractivity contribution in [1.82, 2.24) is 28.9 Å². The minimum absolute atomic E-state index is 0.0129. The number of hydrogen-bond donors (Lipinski definition) is 1. The van der Waals surface area contributed by atoms with E-state index in [4.69, 9.17) is 0 Å². The number of rotatable bonds is 5. The molecule has 1 aromatic carbocycles. The first-order valence-electron chi connectivity index (χ1n) is 11.4. The van der Waals surface area contributed by atoms with Gasteiger partial charge in [0.05, 0.1) is 28.7 Å². The Morgan fingerprint density at radius 2 is 1.84 bits per heavy atom. The fraction of sp³-hybridized carbons (Fsp3) is 0.160. The molecule has 1 amide bonds. The zero-order chi connectivity index (χ0) is 25.7. The Morgan fingerprint density at radius 1 is 1.00 bits per heavy atom. The van der Waals surface area contributed by atoms with Gasteiger partial charge < -0.3 is 5.32 Å². The average molecular weight is 505 g/mol. The fourth-order valence-electron chi connectivity index (χ4n) is 4.34. The van der Waals surface area contributed by atoms with Crippen LogP contribution in [0.2, 0.25) is 0 Å². The molecule has 1 saturated carbocycles. The van der Waals surface area contributed by atoms with Crippen LogP contribution in [-0.4, -0.2) is 34.9 Å². The van der Waals surface area contributed by atoms with Gasteiger partial charge in [0.25, 0.3) is 11.5 Å². The Morgan fingerprint density at radius 3 is 2.57 bits per heavy atom. The molecule has 1 aliphatic rings. The summed E-state index contributed by atoms with van der Waals surface area (Å²) in [6, 6.07) is 9.83. The van der Waals surface area contributed by atoms with E-state index < -0.39 is 17.6 Å². The van der Waals surface area contributed by atoms with Crippen molar-refractivity contribution in [2.45, 2.75) is 24.9 Å². The second-order valence-electron chi connectivity index (χ2n) is 8.63. The van der Waals surface area contributed by atoms with Crippen LogP contribution < -0.4 is 10.9 Å². The van der Waals surface area contributed by atoms with Crippen LogP contribution in [0.15, 0.2) is 78.2 Å². The lowest BCUT2D eigenvalue weighted by atomic mass is 10.1. The zero-order valence-corrected chi connectivity index (χ0v) is 19.1. The van der Waals surface area contributed by atoms with E-state index in [0.717, 1.165) is 23.6 Å². The number of fused-ring (bicyclic) bond motifs is 1. The lowest BCUT2D eigenvalue weighted by Crippen LogP contribution is -2.17. The van der Waals surface area contributed by atoms with E-state index in [0.29, 0.717) is 17.0 Å². The van der Waals surface area contributed by atoms with Crippen LogP contribution in [0.5, 0.6) is 0 Å². The van der Waals surface area contributed by atoms with Gasteiger partial charge in [-0.05, 0) is 49.2 Å². The summed E-state index contributed by atoms with van der Waals surface area (Å²) in [5, 5.41) is 10.9. The van der Waals surface area contributed by atoms with Crippen LogP contribution in [0, 0.1) is 0 Å². The third kappa shape index (κ3) is 4.05. The van der Waals surface area contributed by atoms with Gasteiger partial charge in [0.2, 0.25) is 0 Å². The Hall–Kier alpha value is -4.74. The molecule has 0 aliphatic heterocycles. The number of nitrogens with one attached hydrogen (secondary N) is 1. The molecule has 0 unspecified atom stereocenters. The summed E-state index contributed by atoms with van der Waals surface area (Å²) >= 11 is 0. The molecule has 9 nitrogen and oxygen atoms in total. The molecule has 6 rings (SSSR count). The number of anilines is 1. The molecular formula is C25H18F3N7O2. The van der Waals surface area contributed by atoms with E-state index in [1.54, 1.807) is 23.0 Å². The standard InChI is InChI=1S/C25H18F3N7O2/c26-25(27,28)18-13-16(6-7-19(18)34-12-2-9-30-34)32-24(37)17-14-31-35(22(17)15-4-5-15)20-3-1-11-33-21(36)8-10-29-23(20)33/h1-3,6-15H,4-5H2,(H,32,37). The van der Waals surface area contributed by atoms with Gasteiger partial charge in [-0.1, -0.05) is 0 Å². The fourth-order valence-corrected chi connectivity index (χ4v) is 4.34. The normalized spacial score (nSPS) is 13.7. The van der Waals surface area contributed by atoms with Crippen LogP contribution in [0.1, 0.15) is 40.4 Å². The van der Waals surface area contributed by atoms with Crippen LogP contribution in [0.25, 0.3) is 17.0 Å². The van der Waals surface area contributed by atoms with Crippen LogP contribution in [0.4, 0.5) is 18.9 Å². The predicted octanol–water partition coefficient (Wildman–Crippen LogP) is 4.21. The van der Waals surface area contributed by atoms with E-state index >= 15 is 0 Å². The van der Waals surface area contributed by atoms with Crippen LogP contribution in [-0.2, 0) is 6.18 Å². The third-order valence-electron chi connectivity index (χ3n) is 6.15.